The molecule has 1 aliphatic heterocycles. The number of cyclic esters (lactones) is 1. The molecule has 0 aliphatic carbocycles. The van der Waals surface area contributed by atoms with Gasteiger partial charge in [0.15, 0.2) is 0 Å². The monoisotopic (exact) mass is 222 g/mol. The van der Waals surface area contributed by atoms with Crippen LogP contribution in [0, 0.1) is 5.82 Å². The van der Waals surface area contributed by atoms with E-state index in [-0.39, 0.29) is 16.9 Å². The molecule has 0 fully saturated rings. The Balaban J connectivity index is 2.52. The van der Waals surface area contributed by atoms with Gasteiger partial charge in [-0.05, 0) is 6.07 Å². The van der Waals surface area contributed by atoms with Crippen molar-refractivity contribution in [1.82, 2.24) is 0 Å². The summed E-state index contributed by atoms with van der Waals surface area (Å²) in [7, 11) is 1.20. The molecule has 16 heavy (non-hydrogen) atoms. The molecule has 5 heteroatoms. The maximum absolute atomic E-state index is 13.3. The molecule has 1 aromatic carbocycles. The third-order valence-electron chi connectivity index (χ3n) is 2.14. The van der Waals surface area contributed by atoms with Gasteiger partial charge in [-0.2, -0.15) is 0 Å². The van der Waals surface area contributed by atoms with Crippen LogP contribution in [0.15, 0.2) is 24.3 Å². The molecule has 1 aliphatic rings. The Labute approximate surface area is 90.3 Å². The van der Waals surface area contributed by atoms with E-state index in [1.165, 1.54) is 19.2 Å². The second kappa shape index (κ2) is 3.77. The molecule has 0 saturated carbocycles. The zero-order valence-electron chi connectivity index (χ0n) is 8.32. The second-order valence-corrected chi connectivity index (χ2v) is 3.08. The van der Waals surface area contributed by atoms with Crippen LogP contribution in [-0.4, -0.2) is 19.0 Å². The van der Waals surface area contributed by atoms with Crippen molar-refractivity contribution in [3.63, 3.8) is 0 Å². The second-order valence-electron chi connectivity index (χ2n) is 3.08. The summed E-state index contributed by atoms with van der Waals surface area (Å²) in [5.41, 5.74) is 0.105. The van der Waals surface area contributed by atoms with E-state index < -0.39 is 17.8 Å². The van der Waals surface area contributed by atoms with E-state index in [9.17, 15) is 14.0 Å². The van der Waals surface area contributed by atoms with E-state index in [0.29, 0.717) is 0 Å². The molecule has 2 rings (SSSR count). The van der Waals surface area contributed by atoms with Gasteiger partial charge in [-0.25, -0.2) is 14.0 Å². The van der Waals surface area contributed by atoms with Crippen LogP contribution in [0.5, 0.6) is 0 Å². The lowest BCUT2D eigenvalue weighted by Crippen LogP contribution is -1.97. The summed E-state index contributed by atoms with van der Waals surface area (Å²) < 4.78 is 22.4. The zero-order valence-corrected chi connectivity index (χ0v) is 8.32. The molecule has 0 aromatic heterocycles. The van der Waals surface area contributed by atoms with Crippen LogP contribution in [0.4, 0.5) is 4.39 Å². The van der Waals surface area contributed by atoms with Gasteiger partial charge in [0.1, 0.15) is 17.1 Å². The topological polar surface area (TPSA) is 52.6 Å². The number of ether oxygens (including phenoxy) is 2. The van der Waals surface area contributed by atoms with Gasteiger partial charge in [0.25, 0.3) is 0 Å². The Kier molecular flexibility index (Phi) is 2.44. The highest BCUT2D eigenvalue weighted by molar-refractivity contribution is 6.06. The predicted molar refractivity (Wildman–Crippen MR) is 51.8 cm³/mol. The van der Waals surface area contributed by atoms with Crippen LogP contribution in [0.2, 0.25) is 0 Å². The van der Waals surface area contributed by atoms with Crippen LogP contribution in [0.1, 0.15) is 15.9 Å². The number of carbonyl (C=O) groups excluding carboxylic acids is 2. The largest absolute Gasteiger partial charge is 0.466 e. The molecule has 1 aromatic rings. The smallest absolute Gasteiger partial charge is 0.347 e. The van der Waals surface area contributed by atoms with Crippen molar-refractivity contribution in [3.8, 4) is 0 Å². The molecule has 0 bridgehead atoms. The highest BCUT2D eigenvalue weighted by Gasteiger charge is 2.30. The van der Waals surface area contributed by atoms with E-state index in [1.54, 1.807) is 0 Å². The van der Waals surface area contributed by atoms with Crippen LogP contribution in [0.3, 0.4) is 0 Å². The number of hydrogen-bond donors (Lipinski definition) is 0. The van der Waals surface area contributed by atoms with E-state index >= 15 is 0 Å². The van der Waals surface area contributed by atoms with Crippen molar-refractivity contribution >= 4 is 17.7 Å². The lowest BCUT2D eigenvalue weighted by atomic mass is 10.1. The number of esters is 2. The summed E-state index contributed by atoms with van der Waals surface area (Å²) in [4.78, 5) is 22.3. The van der Waals surface area contributed by atoms with Crippen LogP contribution in [-0.2, 0) is 14.3 Å². The first kappa shape index (κ1) is 10.4. The molecule has 82 valence electrons. The molecule has 0 radical (unpaired) electrons. The standard InChI is InChI=1S/C11H7FO4/c1-15-9(13)5-8-6-3-2-4-7(12)10(6)11(14)16-8/h2-5H,1H3/b8-5+. The van der Waals surface area contributed by atoms with Crippen molar-refractivity contribution in [2.45, 2.75) is 0 Å². The highest BCUT2D eigenvalue weighted by Crippen LogP contribution is 2.31. The SMILES string of the molecule is COC(=O)/C=C1/OC(=O)c2c(F)cccc21. The first-order valence-corrected chi connectivity index (χ1v) is 4.44. The molecule has 0 N–H and O–H groups in total. The molecule has 0 amide bonds. The van der Waals surface area contributed by atoms with Crippen molar-refractivity contribution in [2.24, 2.45) is 0 Å². The normalized spacial score (nSPS) is 15.9. The number of methoxy groups -OCH3 is 1. The van der Waals surface area contributed by atoms with Gasteiger partial charge in [-0.1, -0.05) is 12.1 Å². The maximum Gasteiger partial charge on any atom is 0.347 e. The van der Waals surface area contributed by atoms with E-state index in [1.807, 2.05) is 0 Å². The number of fused-ring (bicyclic) bond motifs is 1. The Hall–Kier alpha value is -2.17. The third kappa shape index (κ3) is 1.56. The van der Waals surface area contributed by atoms with Gasteiger partial charge in [-0.3, -0.25) is 0 Å². The number of hydrogen-bond acceptors (Lipinski definition) is 4. The molecular weight excluding hydrogens is 215 g/mol. The lowest BCUT2D eigenvalue weighted by Gasteiger charge is -1.97. The fourth-order valence-electron chi connectivity index (χ4n) is 1.42. The summed E-state index contributed by atoms with van der Waals surface area (Å²) >= 11 is 0. The predicted octanol–water partition coefficient (Wildman–Crippen LogP) is 1.51. The van der Waals surface area contributed by atoms with Crippen molar-refractivity contribution in [3.05, 3.63) is 41.2 Å². The molecule has 1 heterocycles. The molecular formula is C11H7FO4. The number of carbonyl (C=O) groups is 2. The first-order chi connectivity index (χ1) is 7.63. The minimum atomic E-state index is -0.803. The summed E-state index contributed by atoms with van der Waals surface area (Å²) in [5.74, 6) is -2.13. The average molecular weight is 222 g/mol. The van der Waals surface area contributed by atoms with Crippen molar-refractivity contribution in [2.75, 3.05) is 7.11 Å². The minimum absolute atomic E-state index is 0.00588. The van der Waals surface area contributed by atoms with Gasteiger partial charge in [0.2, 0.25) is 0 Å². The summed E-state index contributed by atoms with van der Waals surface area (Å²) in [6.07, 6.45) is 1.00. The summed E-state index contributed by atoms with van der Waals surface area (Å²) in [6, 6.07) is 4.08. The van der Waals surface area contributed by atoms with Crippen LogP contribution in [0.25, 0.3) is 5.76 Å². The van der Waals surface area contributed by atoms with Gasteiger partial charge >= 0.3 is 11.9 Å². The van der Waals surface area contributed by atoms with Gasteiger partial charge in [0.05, 0.1) is 13.2 Å². The zero-order chi connectivity index (χ0) is 11.7. The Morgan fingerprint density at radius 1 is 1.50 bits per heavy atom. The quantitative estimate of drug-likeness (QED) is 0.533. The average Bonchev–Trinajstić information content (AvgIpc) is 2.57. The fraction of sp³-hybridized carbons (Fsp3) is 0.0909. The Bertz CT molecular complexity index is 505. The Morgan fingerprint density at radius 2 is 2.25 bits per heavy atom. The Morgan fingerprint density at radius 3 is 2.94 bits per heavy atom. The van der Waals surface area contributed by atoms with Crippen LogP contribution >= 0.6 is 0 Å². The fourth-order valence-corrected chi connectivity index (χ4v) is 1.42. The number of benzene rings is 1. The van der Waals surface area contributed by atoms with E-state index in [4.69, 9.17) is 4.74 Å². The minimum Gasteiger partial charge on any atom is -0.466 e. The molecule has 0 saturated heterocycles. The maximum atomic E-state index is 13.3. The van der Waals surface area contributed by atoms with E-state index in [2.05, 4.69) is 4.74 Å². The molecule has 0 atom stereocenters. The van der Waals surface area contributed by atoms with Gasteiger partial charge < -0.3 is 9.47 Å². The first-order valence-electron chi connectivity index (χ1n) is 4.44. The van der Waals surface area contributed by atoms with Crippen LogP contribution < -0.4 is 0 Å². The van der Waals surface area contributed by atoms with Crippen molar-refractivity contribution in [1.29, 1.82) is 0 Å². The van der Waals surface area contributed by atoms with Crippen molar-refractivity contribution < 1.29 is 23.5 Å². The van der Waals surface area contributed by atoms with E-state index in [0.717, 1.165) is 12.1 Å². The lowest BCUT2D eigenvalue weighted by molar-refractivity contribution is -0.134. The molecule has 0 unspecified atom stereocenters. The molecule has 4 nitrogen and oxygen atoms in total. The summed E-state index contributed by atoms with van der Waals surface area (Å²) in [5, 5.41) is 0. The third-order valence-corrected chi connectivity index (χ3v) is 2.14. The summed E-state index contributed by atoms with van der Waals surface area (Å²) in [6.45, 7) is 0. The molecule has 0 spiro atoms. The highest BCUT2D eigenvalue weighted by atomic mass is 19.1. The van der Waals surface area contributed by atoms with Gasteiger partial charge in [0, 0.05) is 5.56 Å². The number of halogens is 1. The number of rotatable bonds is 1. The van der Waals surface area contributed by atoms with Gasteiger partial charge in [-0.15, -0.1) is 0 Å².